The predicted octanol–water partition coefficient (Wildman–Crippen LogP) is 1.50. The van der Waals surface area contributed by atoms with Crippen LogP contribution in [0, 0.1) is 5.92 Å². The molecule has 1 aliphatic rings. The number of amides is 1. The van der Waals surface area contributed by atoms with Gasteiger partial charge in [0.15, 0.2) is 0 Å². The van der Waals surface area contributed by atoms with Gasteiger partial charge in [0.1, 0.15) is 12.1 Å². The molecule has 18 heavy (non-hydrogen) atoms. The topological polar surface area (TPSA) is 80.9 Å². The fourth-order valence-corrected chi connectivity index (χ4v) is 2.40. The minimum atomic E-state index is -0.163. The molecular weight excluding hydrogens is 228 g/mol. The molecule has 0 bridgehead atoms. The van der Waals surface area contributed by atoms with Crippen LogP contribution in [0.2, 0.25) is 0 Å². The lowest BCUT2D eigenvalue weighted by molar-refractivity contribution is -0.122. The molecule has 0 spiro atoms. The van der Waals surface area contributed by atoms with E-state index < -0.39 is 0 Å². The van der Waals surface area contributed by atoms with Gasteiger partial charge in [0.25, 0.3) is 0 Å². The summed E-state index contributed by atoms with van der Waals surface area (Å²) < 4.78 is 0. The molecule has 5 heteroatoms. The number of aryl methyl sites for hydroxylation is 1. The quantitative estimate of drug-likeness (QED) is 0.846. The summed E-state index contributed by atoms with van der Waals surface area (Å²) in [6, 6.07) is 2.38. The van der Waals surface area contributed by atoms with Crippen LogP contribution in [0.25, 0.3) is 0 Å². The highest BCUT2D eigenvalue weighted by molar-refractivity contribution is 5.76. The van der Waals surface area contributed by atoms with E-state index in [4.69, 9.17) is 5.73 Å². The van der Waals surface area contributed by atoms with Crippen LogP contribution < -0.4 is 11.1 Å². The first kappa shape index (κ1) is 12.8. The Morgan fingerprint density at radius 3 is 2.72 bits per heavy atom. The van der Waals surface area contributed by atoms with Crippen LogP contribution >= 0.6 is 0 Å². The number of nitrogens with one attached hydrogen (secondary N) is 1. The molecule has 3 N–H and O–H groups in total. The molecule has 0 aromatic carbocycles. The summed E-state index contributed by atoms with van der Waals surface area (Å²) in [5.74, 6) is 0.771. The Morgan fingerprint density at radius 2 is 2.11 bits per heavy atom. The third-order valence-electron chi connectivity index (χ3n) is 3.57. The van der Waals surface area contributed by atoms with Gasteiger partial charge in [0.2, 0.25) is 5.91 Å². The Balaban J connectivity index is 1.89. The zero-order valence-corrected chi connectivity index (χ0v) is 10.7. The zero-order chi connectivity index (χ0) is 13.0. The molecule has 0 unspecified atom stereocenters. The third kappa shape index (κ3) is 3.18. The molecule has 1 amide bonds. The van der Waals surface area contributed by atoms with Crippen molar-refractivity contribution in [1.82, 2.24) is 9.97 Å². The van der Waals surface area contributed by atoms with E-state index in [0.29, 0.717) is 6.04 Å². The summed E-state index contributed by atoms with van der Waals surface area (Å²) in [6.45, 7) is 2.07. The number of hydrogen-bond acceptors (Lipinski definition) is 4. The molecule has 0 atom stereocenters. The minimum Gasteiger partial charge on any atom is -0.369 e. The van der Waals surface area contributed by atoms with Gasteiger partial charge in [-0.15, -0.1) is 0 Å². The Morgan fingerprint density at radius 1 is 1.39 bits per heavy atom. The molecule has 1 aromatic heterocycles. The number of nitrogens with two attached hydrogens (primary N) is 1. The maximum atomic E-state index is 11.1. The van der Waals surface area contributed by atoms with Gasteiger partial charge in [0.05, 0.1) is 0 Å². The van der Waals surface area contributed by atoms with Crippen LogP contribution in [0.5, 0.6) is 0 Å². The third-order valence-corrected chi connectivity index (χ3v) is 3.57. The highest BCUT2D eigenvalue weighted by atomic mass is 16.1. The molecule has 1 aromatic rings. The van der Waals surface area contributed by atoms with E-state index >= 15 is 0 Å². The summed E-state index contributed by atoms with van der Waals surface area (Å²) in [5.41, 5.74) is 6.36. The summed E-state index contributed by atoms with van der Waals surface area (Å²) >= 11 is 0. The highest BCUT2D eigenvalue weighted by Gasteiger charge is 2.24. The van der Waals surface area contributed by atoms with Crippen LogP contribution in [-0.4, -0.2) is 21.9 Å². The molecule has 1 saturated carbocycles. The van der Waals surface area contributed by atoms with Gasteiger partial charge in [-0.1, -0.05) is 6.92 Å². The monoisotopic (exact) mass is 248 g/mol. The average molecular weight is 248 g/mol. The van der Waals surface area contributed by atoms with Crippen molar-refractivity contribution < 1.29 is 4.79 Å². The lowest BCUT2D eigenvalue weighted by Gasteiger charge is -2.27. The number of hydrogen-bond donors (Lipinski definition) is 2. The number of aromatic nitrogens is 2. The van der Waals surface area contributed by atoms with E-state index in [1.165, 1.54) is 0 Å². The van der Waals surface area contributed by atoms with Gasteiger partial charge in [-0.25, -0.2) is 9.97 Å². The first-order valence-electron chi connectivity index (χ1n) is 6.55. The Bertz CT molecular complexity index is 413. The standard InChI is InChI=1S/C13H20N4O/c1-2-10-7-12(16-8-15-10)17-11-5-3-9(4-6-11)13(14)18/h7-9,11H,2-6H2,1H3,(H2,14,18)(H,15,16,17). The van der Waals surface area contributed by atoms with Crippen molar-refractivity contribution in [3.8, 4) is 0 Å². The van der Waals surface area contributed by atoms with E-state index in [1.807, 2.05) is 6.07 Å². The first-order chi connectivity index (χ1) is 8.69. The van der Waals surface area contributed by atoms with Gasteiger partial charge in [0, 0.05) is 23.7 Å². The Kier molecular flexibility index (Phi) is 4.12. The number of anilines is 1. The van der Waals surface area contributed by atoms with Crippen LogP contribution in [0.15, 0.2) is 12.4 Å². The molecular formula is C13H20N4O. The normalized spacial score (nSPS) is 23.6. The molecule has 0 aliphatic heterocycles. The lowest BCUT2D eigenvalue weighted by Crippen LogP contribution is -2.32. The van der Waals surface area contributed by atoms with Crippen molar-refractivity contribution in [3.05, 3.63) is 18.1 Å². The van der Waals surface area contributed by atoms with E-state index in [-0.39, 0.29) is 11.8 Å². The van der Waals surface area contributed by atoms with Crippen molar-refractivity contribution in [3.63, 3.8) is 0 Å². The van der Waals surface area contributed by atoms with Crippen molar-refractivity contribution in [2.24, 2.45) is 11.7 Å². The molecule has 0 radical (unpaired) electrons. The molecule has 1 fully saturated rings. The molecule has 98 valence electrons. The van der Waals surface area contributed by atoms with Crippen molar-refractivity contribution >= 4 is 11.7 Å². The SMILES string of the molecule is CCc1cc(NC2CCC(C(N)=O)CC2)ncn1. The number of carbonyl (C=O) groups excluding carboxylic acids is 1. The average Bonchev–Trinajstić information content (AvgIpc) is 2.39. The van der Waals surface area contributed by atoms with Gasteiger partial charge >= 0.3 is 0 Å². The van der Waals surface area contributed by atoms with Crippen LogP contribution in [-0.2, 0) is 11.2 Å². The summed E-state index contributed by atoms with van der Waals surface area (Å²) in [7, 11) is 0. The molecule has 5 nitrogen and oxygen atoms in total. The Hall–Kier alpha value is -1.65. The van der Waals surface area contributed by atoms with Crippen molar-refractivity contribution in [2.45, 2.75) is 45.1 Å². The van der Waals surface area contributed by atoms with E-state index in [1.54, 1.807) is 6.33 Å². The molecule has 2 rings (SSSR count). The van der Waals surface area contributed by atoms with Crippen LogP contribution in [0.1, 0.15) is 38.3 Å². The van der Waals surface area contributed by atoms with E-state index in [2.05, 4.69) is 22.2 Å². The molecule has 1 aliphatic carbocycles. The summed E-state index contributed by atoms with van der Waals surface area (Å²) in [4.78, 5) is 19.5. The number of carbonyl (C=O) groups is 1. The second-order valence-corrected chi connectivity index (χ2v) is 4.84. The van der Waals surface area contributed by atoms with Crippen LogP contribution in [0.3, 0.4) is 0 Å². The maximum absolute atomic E-state index is 11.1. The molecule has 1 heterocycles. The smallest absolute Gasteiger partial charge is 0.220 e. The number of nitrogens with zero attached hydrogens (tertiary/aromatic N) is 2. The van der Waals surface area contributed by atoms with Gasteiger partial charge < -0.3 is 11.1 Å². The van der Waals surface area contributed by atoms with Gasteiger partial charge in [-0.05, 0) is 32.1 Å². The second-order valence-electron chi connectivity index (χ2n) is 4.84. The maximum Gasteiger partial charge on any atom is 0.220 e. The summed E-state index contributed by atoms with van der Waals surface area (Å²) in [6.07, 6.45) is 6.19. The van der Waals surface area contributed by atoms with Gasteiger partial charge in [-0.3, -0.25) is 4.79 Å². The highest BCUT2D eigenvalue weighted by Crippen LogP contribution is 2.25. The first-order valence-corrected chi connectivity index (χ1v) is 6.55. The largest absolute Gasteiger partial charge is 0.369 e. The Labute approximate surface area is 107 Å². The fraction of sp³-hybridized carbons (Fsp3) is 0.615. The van der Waals surface area contributed by atoms with Gasteiger partial charge in [-0.2, -0.15) is 0 Å². The van der Waals surface area contributed by atoms with Crippen molar-refractivity contribution in [1.29, 1.82) is 0 Å². The summed E-state index contributed by atoms with van der Waals surface area (Å²) in [5, 5.41) is 3.41. The van der Waals surface area contributed by atoms with Crippen molar-refractivity contribution in [2.75, 3.05) is 5.32 Å². The fourth-order valence-electron chi connectivity index (χ4n) is 2.40. The second kappa shape index (κ2) is 5.80. The zero-order valence-electron chi connectivity index (χ0n) is 10.7. The van der Waals surface area contributed by atoms with E-state index in [9.17, 15) is 4.79 Å². The number of primary amides is 1. The number of rotatable bonds is 4. The molecule has 0 saturated heterocycles. The predicted molar refractivity (Wildman–Crippen MR) is 70.0 cm³/mol. The minimum absolute atomic E-state index is 0.0552. The van der Waals surface area contributed by atoms with Crippen LogP contribution in [0.4, 0.5) is 5.82 Å². The van der Waals surface area contributed by atoms with E-state index in [0.717, 1.165) is 43.6 Å². The lowest BCUT2D eigenvalue weighted by atomic mass is 9.85.